The summed E-state index contributed by atoms with van der Waals surface area (Å²) in [6, 6.07) is 10.0. The van der Waals surface area contributed by atoms with Crippen LogP contribution >= 0.6 is 0 Å². The van der Waals surface area contributed by atoms with E-state index in [1.165, 1.54) is 12.1 Å². The molecule has 1 amide bonds. The monoisotopic (exact) mass is 304 g/mol. The maximum atomic E-state index is 12.1. The first kappa shape index (κ1) is 15.2. The number of amides is 1. The van der Waals surface area contributed by atoms with Crippen LogP contribution in [0.25, 0.3) is 0 Å². The van der Waals surface area contributed by atoms with Gasteiger partial charge in [0.25, 0.3) is 0 Å². The summed E-state index contributed by atoms with van der Waals surface area (Å²) < 4.78 is 24.2. The fourth-order valence-electron chi connectivity index (χ4n) is 1.76. The lowest BCUT2D eigenvalue weighted by molar-refractivity contribution is -0.118. The van der Waals surface area contributed by atoms with E-state index in [1.54, 1.807) is 30.6 Å². The van der Waals surface area contributed by atoms with Gasteiger partial charge in [0, 0.05) is 18.9 Å². The Labute approximate surface area is 124 Å². The molecule has 0 spiro atoms. The number of aryl methyl sites for hydroxylation is 1. The van der Waals surface area contributed by atoms with Gasteiger partial charge < -0.3 is 5.32 Å². The van der Waals surface area contributed by atoms with Gasteiger partial charge in [-0.1, -0.05) is 23.8 Å². The van der Waals surface area contributed by atoms with E-state index in [1.807, 2.05) is 13.0 Å². The van der Waals surface area contributed by atoms with Gasteiger partial charge in [-0.05, 0) is 30.7 Å². The van der Waals surface area contributed by atoms with E-state index < -0.39 is 21.5 Å². The number of sulfone groups is 1. The van der Waals surface area contributed by atoms with Crippen LogP contribution in [0.15, 0.2) is 53.7 Å². The second-order valence-corrected chi connectivity index (χ2v) is 6.70. The first-order valence-corrected chi connectivity index (χ1v) is 8.07. The van der Waals surface area contributed by atoms with Crippen LogP contribution in [-0.2, 0) is 21.2 Å². The molecular formula is C15H16N2O3S. The lowest BCUT2D eigenvalue weighted by atomic mass is 10.2. The Bertz CT molecular complexity index is 710. The Morgan fingerprint density at radius 1 is 1.19 bits per heavy atom. The SMILES string of the molecule is Cc1ccc(S(=O)(=O)CC(=O)NCc2cccnc2)cc1. The maximum absolute atomic E-state index is 12.1. The molecule has 1 N–H and O–H groups in total. The van der Waals surface area contributed by atoms with Crippen LogP contribution in [0.1, 0.15) is 11.1 Å². The molecule has 110 valence electrons. The van der Waals surface area contributed by atoms with Crippen molar-refractivity contribution in [2.24, 2.45) is 0 Å². The van der Waals surface area contributed by atoms with Gasteiger partial charge in [-0.2, -0.15) is 0 Å². The molecule has 0 fully saturated rings. The van der Waals surface area contributed by atoms with Gasteiger partial charge in [0.2, 0.25) is 5.91 Å². The van der Waals surface area contributed by atoms with Crippen molar-refractivity contribution in [2.75, 3.05) is 5.75 Å². The summed E-state index contributed by atoms with van der Waals surface area (Å²) in [6.45, 7) is 2.13. The Morgan fingerprint density at radius 2 is 1.90 bits per heavy atom. The summed E-state index contributed by atoms with van der Waals surface area (Å²) in [6.07, 6.45) is 3.25. The normalized spacial score (nSPS) is 11.1. The second-order valence-electron chi connectivity index (χ2n) is 4.71. The van der Waals surface area contributed by atoms with Crippen LogP contribution in [-0.4, -0.2) is 25.1 Å². The average Bonchev–Trinajstić information content (AvgIpc) is 2.46. The fourth-order valence-corrected chi connectivity index (χ4v) is 2.92. The van der Waals surface area contributed by atoms with Crippen molar-refractivity contribution in [3.05, 3.63) is 59.9 Å². The van der Waals surface area contributed by atoms with E-state index in [4.69, 9.17) is 0 Å². The van der Waals surface area contributed by atoms with E-state index in [0.717, 1.165) is 11.1 Å². The molecule has 0 radical (unpaired) electrons. The molecule has 5 nitrogen and oxygen atoms in total. The minimum atomic E-state index is -3.61. The maximum Gasteiger partial charge on any atom is 0.235 e. The minimum Gasteiger partial charge on any atom is -0.351 e. The van der Waals surface area contributed by atoms with Crippen molar-refractivity contribution >= 4 is 15.7 Å². The van der Waals surface area contributed by atoms with E-state index in [2.05, 4.69) is 10.3 Å². The van der Waals surface area contributed by atoms with Gasteiger partial charge >= 0.3 is 0 Å². The van der Waals surface area contributed by atoms with Crippen LogP contribution in [0.4, 0.5) is 0 Å². The summed E-state index contributed by atoms with van der Waals surface area (Å²) in [5, 5.41) is 2.58. The number of carbonyl (C=O) groups excluding carboxylic acids is 1. The molecule has 2 aromatic rings. The van der Waals surface area contributed by atoms with Crippen LogP contribution in [0.5, 0.6) is 0 Å². The molecule has 1 heterocycles. The fraction of sp³-hybridized carbons (Fsp3) is 0.200. The highest BCUT2D eigenvalue weighted by Crippen LogP contribution is 2.12. The van der Waals surface area contributed by atoms with E-state index >= 15 is 0 Å². The first-order chi connectivity index (χ1) is 9.97. The Hall–Kier alpha value is -2.21. The molecule has 0 unspecified atom stereocenters. The highest BCUT2D eigenvalue weighted by molar-refractivity contribution is 7.92. The van der Waals surface area contributed by atoms with Crippen molar-refractivity contribution in [2.45, 2.75) is 18.4 Å². The molecular weight excluding hydrogens is 288 g/mol. The van der Waals surface area contributed by atoms with Crippen molar-refractivity contribution in [1.82, 2.24) is 10.3 Å². The van der Waals surface area contributed by atoms with Crippen LogP contribution < -0.4 is 5.32 Å². The predicted molar refractivity (Wildman–Crippen MR) is 79.3 cm³/mol. The molecule has 0 aliphatic heterocycles. The van der Waals surface area contributed by atoms with Gasteiger partial charge in [-0.3, -0.25) is 9.78 Å². The number of nitrogens with zero attached hydrogens (tertiary/aromatic N) is 1. The summed E-state index contributed by atoms with van der Waals surface area (Å²) in [4.78, 5) is 15.8. The smallest absolute Gasteiger partial charge is 0.235 e. The number of hydrogen-bond acceptors (Lipinski definition) is 4. The molecule has 0 saturated heterocycles. The van der Waals surface area contributed by atoms with Crippen molar-refractivity contribution < 1.29 is 13.2 Å². The van der Waals surface area contributed by atoms with E-state index in [9.17, 15) is 13.2 Å². The Balaban J connectivity index is 1.97. The predicted octanol–water partition coefficient (Wildman–Crippen LogP) is 1.48. The van der Waals surface area contributed by atoms with E-state index in [0.29, 0.717) is 0 Å². The van der Waals surface area contributed by atoms with Crippen molar-refractivity contribution in [3.63, 3.8) is 0 Å². The van der Waals surface area contributed by atoms with Gasteiger partial charge in [0.1, 0.15) is 5.75 Å². The molecule has 1 aromatic heterocycles. The zero-order valence-corrected chi connectivity index (χ0v) is 12.4. The largest absolute Gasteiger partial charge is 0.351 e. The van der Waals surface area contributed by atoms with Gasteiger partial charge in [-0.15, -0.1) is 0 Å². The quantitative estimate of drug-likeness (QED) is 0.908. The Morgan fingerprint density at radius 3 is 2.52 bits per heavy atom. The highest BCUT2D eigenvalue weighted by Gasteiger charge is 2.18. The second kappa shape index (κ2) is 6.49. The summed E-state index contributed by atoms with van der Waals surface area (Å²) in [7, 11) is -3.61. The minimum absolute atomic E-state index is 0.157. The van der Waals surface area contributed by atoms with Crippen molar-refractivity contribution in [3.8, 4) is 0 Å². The van der Waals surface area contributed by atoms with Gasteiger partial charge in [0.15, 0.2) is 9.84 Å². The number of carbonyl (C=O) groups is 1. The Kier molecular flexibility index (Phi) is 4.70. The summed E-state index contributed by atoms with van der Waals surface area (Å²) in [5.41, 5.74) is 1.79. The number of nitrogens with one attached hydrogen (secondary N) is 1. The van der Waals surface area contributed by atoms with Crippen molar-refractivity contribution in [1.29, 1.82) is 0 Å². The molecule has 0 atom stereocenters. The molecule has 1 aromatic carbocycles. The lowest BCUT2D eigenvalue weighted by Gasteiger charge is -2.06. The molecule has 6 heteroatoms. The average molecular weight is 304 g/mol. The number of benzene rings is 1. The van der Waals surface area contributed by atoms with E-state index in [-0.39, 0.29) is 11.4 Å². The number of pyridine rings is 1. The third-order valence-corrected chi connectivity index (χ3v) is 4.55. The first-order valence-electron chi connectivity index (χ1n) is 6.42. The van der Waals surface area contributed by atoms with Crippen LogP contribution in [0, 0.1) is 6.92 Å². The summed E-state index contributed by atoms with van der Waals surface area (Å²) >= 11 is 0. The molecule has 21 heavy (non-hydrogen) atoms. The third-order valence-electron chi connectivity index (χ3n) is 2.91. The zero-order chi connectivity index (χ0) is 15.3. The number of hydrogen-bond donors (Lipinski definition) is 1. The van der Waals surface area contributed by atoms with Crippen LogP contribution in [0.2, 0.25) is 0 Å². The van der Waals surface area contributed by atoms with Crippen LogP contribution in [0.3, 0.4) is 0 Å². The number of aromatic nitrogens is 1. The molecule has 2 rings (SSSR count). The molecule has 0 aliphatic carbocycles. The van der Waals surface area contributed by atoms with Gasteiger partial charge in [0.05, 0.1) is 4.90 Å². The molecule has 0 bridgehead atoms. The summed E-state index contributed by atoms with van der Waals surface area (Å²) in [5.74, 6) is -1.09. The zero-order valence-electron chi connectivity index (χ0n) is 11.6. The van der Waals surface area contributed by atoms with Gasteiger partial charge in [-0.25, -0.2) is 8.42 Å². The third kappa shape index (κ3) is 4.39. The topological polar surface area (TPSA) is 76.1 Å². The standard InChI is InChI=1S/C15H16N2O3S/c1-12-4-6-14(7-5-12)21(19,20)11-15(18)17-10-13-3-2-8-16-9-13/h2-9H,10-11H2,1H3,(H,17,18). The number of rotatable bonds is 5. The molecule has 0 saturated carbocycles. The molecule has 0 aliphatic rings. The highest BCUT2D eigenvalue weighted by atomic mass is 32.2. The lowest BCUT2D eigenvalue weighted by Crippen LogP contribution is -2.29.